The number of ketones is 1. The third-order valence-electron chi connectivity index (χ3n) is 3.60. The van der Waals surface area contributed by atoms with Crippen LogP contribution in [0.3, 0.4) is 0 Å². The molecule has 92 valence electrons. The molecule has 1 aliphatic heterocycles. The van der Waals surface area contributed by atoms with Crippen molar-refractivity contribution in [3.05, 3.63) is 33.8 Å². The molecule has 1 fully saturated rings. The van der Waals surface area contributed by atoms with Gasteiger partial charge in [0.05, 0.1) is 15.5 Å². The number of halogens is 2. The summed E-state index contributed by atoms with van der Waals surface area (Å²) >= 11 is 12.0. The van der Waals surface area contributed by atoms with Crippen LogP contribution in [0, 0.1) is 0 Å². The van der Waals surface area contributed by atoms with Crippen LogP contribution < -0.4 is 5.32 Å². The number of hydrogen-bond acceptors (Lipinski definition) is 2. The highest BCUT2D eigenvalue weighted by molar-refractivity contribution is 6.42. The van der Waals surface area contributed by atoms with Gasteiger partial charge in [-0.05, 0) is 50.6 Å². The second-order valence-electron chi connectivity index (χ2n) is 4.52. The highest BCUT2D eigenvalue weighted by Gasteiger charge is 2.38. The molecule has 0 radical (unpaired) electrons. The fourth-order valence-corrected chi connectivity index (χ4v) is 2.79. The predicted molar refractivity (Wildman–Crippen MR) is 70.9 cm³/mol. The van der Waals surface area contributed by atoms with Gasteiger partial charge < -0.3 is 5.32 Å². The van der Waals surface area contributed by atoms with Gasteiger partial charge >= 0.3 is 0 Å². The van der Waals surface area contributed by atoms with Gasteiger partial charge in [0.15, 0.2) is 0 Å². The SMILES string of the molecule is CC(=O)C1(c2ccc(Cl)c(Cl)c2)CCNCC1. The second kappa shape index (κ2) is 4.97. The number of Topliss-reactive ketones (excluding diaryl/α,β-unsaturated/α-hetero) is 1. The average Bonchev–Trinajstić information content (AvgIpc) is 2.33. The van der Waals surface area contributed by atoms with Crippen LogP contribution in [0.4, 0.5) is 0 Å². The molecule has 0 aromatic heterocycles. The average molecular weight is 272 g/mol. The van der Waals surface area contributed by atoms with E-state index in [2.05, 4.69) is 5.32 Å². The van der Waals surface area contributed by atoms with Crippen LogP contribution in [0.2, 0.25) is 10.0 Å². The number of carbonyl (C=O) groups is 1. The molecule has 0 unspecified atom stereocenters. The normalized spacial score (nSPS) is 19.0. The number of rotatable bonds is 2. The number of piperidine rings is 1. The summed E-state index contributed by atoms with van der Waals surface area (Å²) in [5.41, 5.74) is 0.598. The van der Waals surface area contributed by atoms with Crippen molar-refractivity contribution >= 4 is 29.0 Å². The quantitative estimate of drug-likeness (QED) is 0.895. The van der Waals surface area contributed by atoms with Crippen LogP contribution in [-0.2, 0) is 10.2 Å². The Morgan fingerprint density at radius 3 is 2.41 bits per heavy atom. The Hall–Kier alpha value is -0.570. The highest BCUT2D eigenvalue weighted by atomic mass is 35.5. The van der Waals surface area contributed by atoms with Crippen LogP contribution >= 0.6 is 23.2 Å². The maximum atomic E-state index is 12.0. The smallest absolute Gasteiger partial charge is 0.140 e. The summed E-state index contributed by atoms with van der Waals surface area (Å²) < 4.78 is 0. The maximum absolute atomic E-state index is 12.0. The molecular weight excluding hydrogens is 257 g/mol. The molecule has 17 heavy (non-hydrogen) atoms. The molecule has 2 nitrogen and oxygen atoms in total. The Morgan fingerprint density at radius 1 is 1.24 bits per heavy atom. The zero-order chi connectivity index (χ0) is 12.5. The zero-order valence-corrected chi connectivity index (χ0v) is 11.2. The highest BCUT2D eigenvalue weighted by Crippen LogP contribution is 2.37. The zero-order valence-electron chi connectivity index (χ0n) is 9.72. The van der Waals surface area contributed by atoms with Gasteiger partial charge in [-0.25, -0.2) is 0 Å². The topological polar surface area (TPSA) is 29.1 Å². The first kappa shape index (κ1) is 12.9. The first-order valence-electron chi connectivity index (χ1n) is 5.73. The van der Waals surface area contributed by atoms with E-state index in [1.165, 1.54) is 0 Å². The molecule has 0 aliphatic carbocycles. The summed E-state index contributed by atoms with van der Waals surface area (Å²) in [6.45, 7) is 3.38. The molecule has 1 aromatic carbocycles. The van der Waals surface area contributed by atoms with E-state index < -0.39 is 0 Å². The van der Waals surface area contributed by atoms with Crippen LogP contribution in [0.1, 0.15) is 25.3 Å². The van der Waals surface area contributed by atoms with E-state index in [0.29, 0.717) is 10.0 Å². The maximum Gasteiger partial charge on any atom is 0.140 e. The van der Waals surface area contributed by atoms with Crippen molar-refractivity contribution in [3.8, 4) is 0 Å². The first-order valence-corrected chi connectivity index (χ1v) is 6.49. The molecule has 0 amide bonds. The number of nitrogens with one attached hydrogen (secondary N) is 1. The van der Waals surface area contributed by atoms with Gasteiger partial charge in [0.25, 0.3) is 0 Å². The molecule has 4 heteroatoms. The molecule has 2 rings (SSSR count). The summed E-state index contributed by atoms with van der Waals surface area (Å²) in [5, 5.41) is 4.33. The Bertz CT molecular complexity index is 439. The molecule has 1 aromatic rings. The van der Waals surface area contributed by atoms with E-state index in [0.717, 1.165) is 31.5 Å². The number of carbonyl (C=O) groups excluding carboxylic acids is 1. The third-order valence-corrected chi connectivity index (χ3v) is 4.34. The Kier molecular flexibility index (Phi) is 3.76. The number of hydrogen-bond donors (Lipinski definition) is 1. The molecular formula is C13H15Cl2NO. The summed E-state index contributed by atoms with van der Waals surface area (Å²) in [5.74, 6) is 0.206. The molecule has 1 heterocycles. The van der Waals surface area contributed by atoms with Crippen molar-refractivity contribution in [2.75, 3.05) is 13.1 Å². The third kappa shape index (κ3) is 2.35. The summed E-state index contributed by atoms with van der Waals surface area (Å²) in [7, 11) is 0. The van der Waals surface area contributed by atoms with E-state index in [9.17, 15) is 4.79 Å². The second-order valence-corrected chi connectivity index (χ2v) is 5.33. The molecule has 1 aliphatic rings. The minimum atomic E-state index is -0.389. The van der Waals surface area contributed by atoms with E-state index >= 15 is 0 Å². The van der Waals surface area contributed by atoms with E-state index in [1.807, 2.05) is 12.1 Å². The summed E-state index contributed by atoms with van der Waals surface area (Å²) in [4.78, 5) is 12.0. The summed E-state index contributed by atoms with van der Waals surface area (Å²) in [6, 6.07) is 5.52. The molecule has 1 saturated heterocycles. The van der Waals surface area contributed by atoms with Crippen molar-refractivity contribution < 1.29 is 4.79 Å². The van der Waals surface area contributed by atoms with Gasteiger partial charge in [-0.2, -0.15) is 0 Å². The van der Waals surface area contributed by atoms with Crippen molar-refractivity contribution in [3.63, 3.8) is 0 Å². The predicted octanol–water partition coefficient (Wildman–Crippen LogP) is 3.20. The molecule has 0 spiro atoms. The van der Waals surface area contributed by atoms with Crippen LogP contribution in [0.15, 0.2) is 18.2 Å². The Morgan fingerprint density at radius 2 is 1.88 bits per heavy atom. The van der Waals surface area contributed by atoms with Gasteiger partial charge in [-0.1, -0.05) is 29.3 Å². The van der Waals surface area contributed by atoms with Crippen LogP contribution in [-0.4, -0.2) is 18.9 Å². The molecule has 0 bridgehead atoms. The van der Waals surface area contributed by atoms with Gasteiger partial charge in [0, 0.05) is 0 Å². The van der Waals surface area contributed by atoms with Crippen LogP contribution in [0.25, 0.3) is 0 Å². The van der Waals surface area contributed by atoms with Crippen molar-refractivity contribution in [1.29, 1.82) is 0 Å². The lowest BCUT2D eigenvalue weighted by atomic mass is 9.70. The van der Waals surface area contributed by atoms with Crippen molar-refractivity contribution in [2.24, 2.45) is 0 Å². The molecule has 1 N–H and O–H groups in total. The lowest BCUT2D eigenvalue weighted by Crippen LogP contribution is -2.44. The minimum absolute atomic E-state index is 0.206. The fraction of sp³-hybridized carbons (Fsp3) is 0.462. The Labute approximate surface area is 111 Å². The fourth-order valence-electron chi connectivity index (χ4n) is 2.49. The van der Waals surface area contributed by atoms with E-state index in [4.69, 9.17) is 23.2 Å². The van der Waals surface area contributed by atoms with Gasteiger partial charge in [0.1, 0.15) is 5.78 Å². The van der Waals surface area contributed by atoms with Crippen molar-refractivity contribution in [1.82, 2.24) is 5.32 Å². The van der Waals surface area contributed by atoms with Gasteiger partial charge in [0.2, 0.25) is 0 Å². The first-order chi connectivity index (χ1) is 8.06. The minimum Gasteiger partial charge on any atom is -0.317 e. The van der Waals surface area contributed by atoms with Gasteiger partial charge in [-0.15, -0.1) is 0 Å². The monoisotopic (exact) mass is 271 g/mol. The lowest BCUT2D eigenvalue weighted by Gasteiger charge is -2.36. The number of benzene rings is 1. The van der Waals surface area contributed by atoms with E-state index in [-0.39, 0.29) is 11.2 Å². The standard InChI is InChI=1S/C13H15Cl2NO/c1-9(17)13(4-6-16-7-5-13)10-2-3-11(14)12(15)8-10/h2-3,8,16H,4-7H2,1H3. The lowest BCUT2D eigenvalue weighted by molar-refractivity contribution is -0.123. The Balaban J connectivity index is 2.45. The molecule has 0 saturated carbocycles. The van der Waals surface area contributed by atoms with Crippen molar-refractivity contribution in [2.45, 2.75) is 25.2 Å². The largest absolute Gasteiger partial charge is 0.317 e. The van der Waals surface area contributed by atoms with E-state index in [1.54, 1.807) is 13.0 Å². The van der Waals surface area contributed by atoms with Crippen LogP contribution in [0.5, 0.6) is 0 Å². The summed E-state index contributed by atoms with van der Waals surface area (Å²) in [6.07, 6.45) is 1.64. The molecule has 0 atom stereocenters. The van der Waals surface area contributed by atoms with Gasteiger partial charge in [-0.3, -0.25) is 4.79 Å².